The van der Waals surface area contributed by atoms with Gasteiger partial charge in [0.1, 0.15) is 5.82 Å². The molecule has 4 aromatic rings. The Morgan fingerprint density at radius 3 is 2.10 bits per heavy atom. The Labute approximate surface area is 182 Å². The third-order valence-electron chi connectivity index (χ3n) is 6.03. The third-order valence-corrected chi connectivity index (χ3v) is 6.03. The van der Waals surface area contributed by atoms with E-state index >= 15 is 0 Å². The molecule has 5 nitrogen and oxygen atoms in total. The summed E-state index contributed by atoms with van der Waals surface area (Å²) in [6.07, 6.45) is 0. The van der Waals surface area contributed by atoms with Gasteiger partial charge in [-0.25, -0.2) is 4.98 Å². The molecule has 0 radical (unpaired) electrons. The summed E-state index contributed by atoms with van der Waals surface area (Å²) in [4.78, 5) is 23.1. The molecule has 0 atom stereocenters. The van der Waals surface area contributed by atoms with Gasteiger partial charge < -0.3 is 4.90 Å². The Balaban J connectivity index is 1.37. The molecule has 156 valence electrons. The summed E-state index contributed by atoms with van der Waals surface area (Å²) in [5.74, 6) is 0.743. The highest BCUT2D eigenvalue weighted by molar-refractivity contribution is 5.79. The SMILES string of the molecule is O=c1c2ccccc2nc(-c2ccccc2)n1CCN1CCN(c2ccccc2)CC1. The summed E-state index contributed by atoms with van der Waals surface area (Å²) in [6, 6.07) is 28.2. The molecular formula is C26H26N4O. The van der Waals surface area contributed by atoms with Crippen molar-refractivity contribution >= 4 is 16.6 Å². The van der Waals surface area contributed by atoms with Crippen LogP contribution in [-0.2, 0) is 6.54 Å². The lowest BCUT2D eigenvalue weighted by Gasteiger charge is -2.36. The van der Waals surface area contributed by atoms with Crippen molar-refractivity contribution in [3.05, 3.63) is 95.3 Å². The van der Waals surface area contributed by atoms with E-state index in [2.05, 4.69) is 40.1 Å². The van der Waals surface area contributed by atoms with Crippen molar-refractivity contribution in [1.29, 1.82) is 0 Å². The monoisotopic (exact) mass is 410 g/mol. The van der Waals surface area contributed by atoms with E-state index in [-0.39, 0.29) is 5.56 Å². The minimum Gasteiger partial charge on any atom is -0.369 e. The zero-order valence-corrected chi connectivity index (χ0v) is 17.5. The van der Waals surface area contributed by atoms with E-state index in [1.165, 1.54) is 5.69 Å². The first-order valence-corrected chi connectivity index (χ1v) is 10.9. The number of hydrogen-bond donors (Lipinski definition) is 0. The van der Waals surface area contributed by atoms with Gasteiger partial charge in [0, 0.05) is 50.5 Å². The molecule has 1 fully saturated rings. The maximum atomic E-state index is 13.3. The highest BCUT2D eigenvalue weighted by atomic mass is 16.1. The minimum atomic E-state index is 0.0346. The van der Waals surface area contributed by atoms with Crippen LogP contribution in [-0.4, -0.2) is 47.2 Å². The summed E-state index contributed by atoms with van der Waals surface area (Å²) in [6.45, 7) is 5.45. The lowest BCUT2D eigenvalue weighted by molar-refractivity contribution is 0.247. The van der Waals surface area contributed by atoms with Gasteiger partial charge in [0.2, 0.25) is 0 Å². The van der Waals surface area contributed by atoms with Crippen LogP contribution < -0.4 is 10.5 Å². The minimum absolute atomic E-state index is 0.0346. The van der Waals surface area contributed by atoms with Crippen LogP contribution in [0.15, 0.2) is 89.7 Å². The van der Waals surface area contributed by atoms with Gasteiger partial charge in [0.15, 0.2) is 0 Å². The number of para-hydroxylation sites is 2. The maximum Gasteiger partial charge on any atom is 0.261 e. The van der Waals surface area contributed by atoms with Gasteiger partial charge in [0.05, 0.1) is 10.9 Å². The highest BCUT2D eigenvalue weighted by Crippen LogP contribution is 2.19. The zero-order valence-electron chi connectivity index (χ0n) is 17.5. The van der Waals surface area contributed by atoms with Gasteiger partial charge in [-0.05, 0) is 24.3 Å². The third kappa shape index (κ3) is 4.09. The van der Waals surface area contributed by atoms with Crippen LogP contribution in [0.1, 0.15) is 0 Å². The fraction of sp³-hybridized carbons (Fsp3) is 0.231. The average Bonchev–Trinajstić information content (AvgIpc) is 2.85. The maximum absolute atomic E-state index is 13.3. The van der Waals surface area contributed by atoms with Crippen molar-refractivity contribution in [2.75, 3.05) is 37.6 Å². The lowest BCUT2D eigenvalue weighted by Crippen LogP contribution is -2.47. The second-order valence-corrected chi connectivity index (χ2v) is 7.94. The van der Waals surface area contributed by atoms with Crippen molar-refractivity contribution in [3.63, 3.8) is 0 Å². The van der Waals surface area contributed by atoms with Crippen LogP contribution in [0.4, 0.5) is 5.69 Å². The summed E-state index contributed by atoms with van der Waals surface area (Å²) >= 11 is 0. The van der Waals surface area contributed by atoms with Crippen molar-refractivity contribution in [3.8, 4) is 11.4 Å². The van der Waals surface area contributed by atoms with Crippen molar-refractivity contribution in [1.82, 2.24) is 14.5 Å². The molecule has 1 aliphatic heterocycles. The van der Waals surface area contributed by atoms with E-state index < -0.39 is 0 Å². The summed E-state index contributed by atoms with van der Waals surface area (Å²) in [7, 11) is 0. The van der Waals surface area contributed by atoms with Gasteiger partial charge in [0.25, 0.3) is 5.56 Å². The fourth-order valence-corrected chi connectivity index (χ4v) is 4.29. The van der Waals surface area contributed by atoms with E-state index in [9.17, 15) is 4.79 Å². The van der Waals surface area contributed by atoms with Crippen LogP contribution in [0.2, 0.25) is 0 Å². The number of benzene rings is 3. The van der Waals surface area contributed by atoms with Gasteiger partial charge in [-0.1, -0.05) is 60.7 Å². The number of anilines is 1. The van der Waals surface area contributed by atoms with E-state index in [1.54, 1.807) is 0 Å². The molecule has 0 bridgehead atoms. The average molecular weight is 411 g/mol. The molecule has 0 aliphatic carbocycles. The number of rotatable bonds is 5. The van der Waals surface area contributed by atoms with Crippen molar-refractivity contribution in [2.45, 2.75) is 6.54 Å². The van der Waals surface area contributed by atoms with Gasteiger partial charge >= 0.3 is 0 Å². The molecule has 31 heavy (non-hydrogen) atoms. The van der Waals surface area contributed by atoms with Crippen LogP contribution in [0, 0.1) is 0 Å². The molecule has 2 heterocycles. The quantitative estimate of drug-likeness (QED) is 0.501. The predicted octanol–water partition coefficient (Wildman–Crippen LogP) is 3.89. The second kappa shape index (κ2) is 8.74. The topological polar surface area (TPSA) is 41.4 Å². The molecule has 0 N–H and O–H groups in total. The molecule has 1 aromatic heterocycles. The lowest BCUT2D eigenvalue weighted by atomic mass is 10.1. The van der Waals surface area contributed by atoms with Crippen LogP contribution >= 0.6 is 0 Å². The number of fused-ring (bicyclic) bond motifs is 1. The van der Waals surface area contributed by atoms with E-state index in [0.717, 1.165) is 49.6 Å². The molecule has 5 heteroatoms. The number of piperazine rings is 1. The Kier molecular flexibility index (Phi) is 5.50. The first kappa shape index (κ1) is 19.5. The second-order valence-electron chi connectivity index (χ2n) is 7.94. The largest absolute Gasteiger partial charge is 0.369 e. The molecule has 1 saturated heterocycles. The molecule has 0 spiro atoms. The standard InChI is InChI=1S/C26H26N4O/c31-26-23-13-7-8-14-24(23)27-25(21-9-3-1-4-10-21)30(26)20-17-28-15-18-29(19-16-28)22-11-5-2-6-12-22/h1-14H,15-20H2. The predicted molar refractivity (Wildman–Crippen MR) is 127 cm³/mol. The number of hydrogen-bond acceptors (Lipinski definition) is 4. The smallest absolute Gasteiger partial charge is 0.261 e. The summed E-state index contributed by atoms with van der Waals surface area (Å²) < 4.78 is 1.85. The first-order valence-electron chi connectivity index (χ1n) is 10.9. The summed E-state index contributed by atoms with van der Waals surface area (Å²) in [5.41, 5.74) is 3.04. The van der Waals surface area contributed by atoms with Crippen LogP contribution in [0.25, 0.3) is 22.3 Å². The van der Waals surface area contributed by atoms with E-state index in [0.29, 0.717) is 11.9 Å². The Morgan fingerprint density at radius 2 is 1.35 bits per heavy atom. The van der Waals surface area contributed by atoms with Gasteiger partial charge in [-0.3, -0.25) is 14.3 Å². The first-order chi connectivity index (χ1) is 15.3. The normalized spacial score (nSPS) is 14.8. The Bertz CT molecular complexity index is 1210. The van der Waals surface area contributed by atoms with Crippen molar-refractivity contribution < 1.29 is 0 Å². The van der Waals surface area contributed by atoms with E-state index in [4.69, 9.17) is 4.98 Å². The highest BCUT2D eigenvalue weighted by Gasteiger charge is 2.18. The number of aromatic nitrogens is 2. The number of nitrogens with zero attached hydrogens (tertiary/aromatic N) is 4. The molecule has 0 amide bonds. The van der Waals surface area contributed by atoms with Crippen LogP contribution in [0.5, 0.6) is 0 Å². The van der Waals surface area contributed by atoms with Gasteiger partial charge in [-0.15, -0.1) is 0 Å². The zero-order chi connectivity index (χ0) is 21.0. The molecule has 3 aromatic carbocycles. The molecule has 0 unspecified atom stereocenters. The van der Waals surface area contributed by atoms with Gasteiger partial charge in [-0.2, -0.15) is 0 Å². The fourth-order valence-electron chi connectivity index (χ4n) is 4.29. The molecule has 1 aliphatic rings. The Morgan fingerprint density at radius 1 is 0.710 bits per heavy atom. The van der Waals surface area contributed by atoms with Crippen molar-refractivity contribution in [2.24, 2.45) is 0 Å². The van der Waals surface area contributed by atoms with E-state index in [1.807, 2.05) is 59.2 Å². The molecular weight excluding hydrogens is 384 g/mol. The molecule has 0 saturated carbocycles. The Hall–Kier alpha value is -3.44. The summed E-state index contributed by atoms with van der Waals surface area (Å²) in [5, 5.41) is 0.677. The molecule has 5 rings (SSSR count). The van der Waals surface area contributed by atoms with Crippen LogP contribution in [0.3, 0.4) is 0 Å².